The first-order valence-corrected chi connectivity index (χ1v) is 4.60. The lowest BCUT2D eigenvalue weighted by Gasteiger charge is -2.18. The van der Waals surface area contributed by atoms with E-state index in [1.54, 1.807) is 0 Å². The van der Waals surface area contributed by atoms with Crippen LogP contribution in [0.1, 0.15) is 25.0 Å². The lowest BCUT2D eigenvalue weighted by Crippen LogP contribution is -2.15. The van der Waals surface area contributed by atoms with Crippen LogP contribution in [-0.4, -0.2) is 0 Å². The Morgan fingerprint density at radius 2 is 2.00 bits per heavy atom. The number of rotatable bonds is 0. The molecule has 0 saturated heterocycles. The van der Waals surface area contributed by atoms with Crippen LogP contribution in [0.5, 0.6) is 0 Å². The van der Waals surface area contributed by atoms with E-state index >= 15 is 0 Å². The van der Waals surface area contributed by atoms with E-state index in [1.807, 2.05) is 0 Å². The highest BCUT2D eigenvalue weighted by Gasteiger charge is 2.33. The Bertz CT molecular complexity index is 375. The summed E-state index contributed by atoms with van der Waals surface area (Å²) >= 11 is 0. The van der Waals surface area contributed by atoms with Crippen molar-refractivity contribution in [3.8, 4) is 0 Å². The quantitative estimate of drug-likeness (QED) is 0.635. The summed E-state index contributed by atoms with van der Waals surface area (Å²) in [7, 11) is 0. The van der Waals surface area contributed by atoms with E-state index in [1.165, 1.54) is 16.8 Å². The lowest BCUT2D eigenvalue weighted by atomic mass is 9.84. The SMILES string of the molecule is C=C1Nc2c(C)cccc2C1(C)C. The fraction of sp³-hybridized carbons (Fsp3) is 0.333. The molecule has 68 valence electrons. The van der Waals surface area contributed by atoms with Crippen molar-refractivity contribution in [2.24, 2.45) is 0 Å². The number of aryl methyl sites for hydroxylation is 1. The lowest BCUT2D eigenvalue weighted by molar-refractivity contribution is 0.656. The summed E-state index contributed by atoms with van der Waals surface area (Å²) in [6.07, 6.45) is 0. The zero-order chi connectivity index (χ0) is 9.64. The van der Waals surface area contributed by atoms with Gasteiger partial charge in [0.05, 0.1) is 0 Å². The predicted octanol–water partition coefficient (Wildman–Crippen LogP) is 3.21. The Hall–Kier alpha value is -1.24. The van der Waals surface area contributed by atoms with Crippen LogP contribution in [0.2, 0.25) is 0 Å². The van der Waals surface area contributed by atoms with Crippen LogP contribution < -0.4 is 5.32 Å². The number of para-hydroxylation sites is 1. The van der Waals surface area contributed by atoms with Crippen LogP contribution >= 0.6 is 0 Å². The molecule has 2 rings (SSSR count). The van der Waals surface area contributed by atoms with E-state index in [0.29, 0.717) is 0 Å². The number of nitrogens with one attached hydrogen (secondary N) is 1. The van der Waals surface area contributed by atoms with Gasteiger partial charge < -0.3 is 5.32 Å². The standard InChI is InChI=1S/C12H15N/c1-8-6-5-7-10-11(8)13-9(2)12(10,3)4/h5-7,13H,2H2,1,3-4H3. The molecule has 0 atom stereocenters. The van der Waals surface area contributed by atoms with Gasteiger partial charge in [0, 0.05) is 16.8 Å². The largest absolute Gasteiger partial charge is 0.358 e. The molecule has 1 aliphatic rings. The van der Waals surface area contributed by atoms with Gasteiger partial charge in [-0.2, -0.15) is 0 Å². The molecule has 1 aromatic carbocycles. The fourth-order valence-electron chi connectivity index (χ4n) is 1.82. The smallest absolute Gasteiger partial charge is 0.0453 e. The van der Waals surface area contributed by atoms with Gasteiger partial charge in [-0.25, -0.2) is 0 Å². The summed E-state index contributed by atoms with van der Waals surface area (Å²) in [5, 5.41) is 3.36. The highest BCUT2D eigenvalue weighted by Crippen LogP contribution is 2.43. The number of hydrogen-bond acceptors (Lipinski definition) is 1. The maximum atomic E-state index is 4.05. The summed E-state index contributed by atoms with van der Waals surface area (Å²) in [5.74, 6) is 0. The molecular weight excluding hydrogens is 158 g/mol. The molecular formula is C12H15N. The molecule has 1 N–H and O–H groups in total. The molecule has 0 aromatic heterocycles. The first kappa shape index (κ1) is 8.36. The Morgan fingerprint density at radius 1 is 1.31 bits per heavy atom. The van der Waals surface area contributed by atoms with Gasteiger partial charge in [-0.1, -0.05) is 38.6 Å². The molecule has 1 aliphatic heterocycles. The number of benzene rings is 1. The van der Waals surface area contributed by atoms with Gasteiger partial charge in [0.15, 0.2) is 0 Å². The van der Waals surface area contributed by atoms with Crippen molar-refractivity contribution in [1.82, 2.24) is 0 Å². The maximum Gasteiger partial charge on any atom is 0.0453 e. The number of anilines is 1. The van der Waals surface area contributed by atoms with E-state index < -0.39 is 0 Å². The molecule has 1 nitrogen and oxygen atoms in total. The second-order valence-corrected chi connectivity index (χ2v) is 4.23. The van der Waals surface area contributed by atoms with Crippen molar-refractivity contribution in [2.75, 3.05) is 5.32 Å². The van der Waals surface area contributed by atoms with Gasteiger partial charge in [0.2, 0.25) is 0 Å². The highest BCUT2D eigenvalue weighted by atomic mass is 15.0. The van der Waals surface area contributed by atoms with Crippen molar-refractivity contribution < 1.29 is 0 Å². The van der Waals surface area contributed by atoms with E-state index in [0.717, 1.165) is 5.70 Å². The third-order valence-electron chi connectivity index (χ3n) is 2.98. The van der Waals surface area contributed by atoms with Crippen molar-refractivity contribution in [1.29, 1.82) is 0 Å². The van der Waals surface area contributed by atoms with Gasteiger partial charge in [0.25, 0.3) is 0 Å². The van der Waals surface area contributed by atoms with E-state index in [9.17, 15) is 0 Å². The van der Waals surface area contributed by atoms with Crippen molar-refractivity contribution in [3.63, 3.8) is 0 Å². The molecule has 1 heteroatoms. The third-order valence-corrected chi connectivity index (χ3v) is 2.98. The first-order chi connectivity index (χ1) is 6.03. The van der Waals surface area contributed by atoms with E-state index in [-0.39, 0.29) is 5.41 Å². The van der Waals surface area contributed by atoms with Gasteiger partial charge in [-0.3, -0.25) is 0 Å². The molecule has 0 fully saturated rings. The molecule has 0 aliphatic carbocycles. The van der Waals surface area contributed by atoms with E-state index in [2.05, 4.69) is 50.9 Å². The highest BCUT2D eigenvalue weighted by molar-refractivity contribution is 5.70. The Kier molecular flexibility index (Phi) is 1.53. The number of fused-ring (bicyclic) bond motifs is 1. The van der Waals surface area contributed by atoms with Crippen molar-refractivity contribution >= 4 is 5.69 Å². The Balaban J connectivity index is 2.68. The molecule has 0 unspecified atom stereocenters. The third kappa shape index (κ3) is 0.998. The summed E-state index contributed by atoms with van der Waals surface area (Å²) < 4.78 is 0. The minimum atomic E-state index is 0.0708. The minimum absolute atomic E-state index is 0.0708. The minimum Gasteiger partial charge on any atom is -0.358 e. The molecule has 0 amide bonds. The Labute approximate surface area is 79.5 Å². The summed E-state index contributed by atoms with van der Waals surface area (Å²) in [4.78, 5) is 0. The zero-order valence-corrected chi connectivity index (χ0v) is 8.44. The zero-order valence-electron chi connectivity index (χ0n) is 8.44. The van der Waals surface area contributed by atoms with Gasteiger partial charge in [-0.15, -0.1) is 0 Å². The predicted molar refractivity (Wildman–Crippen MR) is 57.0 cm³/mol. The normalized spacial score (nSPS) is 18.2. The molecule has 0 bridgehead atoms. The molecule has 0 radical (unpaired) electrons. The van der Waals surface area contributed by atoms with Crippen LogP contribution in [0.4, 0.5) is 5.69 Å². The van der Waals surface area contributed by atoms with Gasteiger partial charge >= 0.3 is 0 Å². The number of allylic oxidation sites excluding steroid dienone is 1. The average Bonchev–Trinajstić information content (AvgIpc) is 2.28. The second-order valence-electron chi connectivity index (χ2n) is 4.23. The van der Waals surface area contributed by atoms with Crippen LogP contribution in [0.15, 0.2) is 30.5 Å². The van der Waals surface area contributed by atoms with Crippen LogP contribution in [0.25, 0.3) is 0 Å². The monoisotopic (exact) mass is 173 g/mol. The van der Waals surface area contributed by atoms with Crippen molar-refractivity contribution in [2.45, 2.75) is 26.2 Å². The number of hydrogen-bond donors (Lipinski definition) is 1. The topological polar surface area (TPSA) is 12.0 Å². The molecule has 1 aromatic rings. The molecule has 1 heterocycles. The molecule has 0 saturated carbocycles. The molecule has 0 spiro atoms. The van der Waals surface area contributed by atoms with E-state index in [4.69, 9.17) is 0 Å². The van der Waals surface area contributed by atoms with Crippen LogP contribution in [0, 0.1) is 6.92 Å². The van der Waals surface area contributed by atoms with Gasteiger partial charge in [0.1, 0.15) is 0 Å². The van der Waals surface area contributed by atoms with Crippen LogP contribution in [0.3, 0.4) is 0 Å². The van der Waals surface area contributed by atoms with Crippen molar-refractivity contribution in [3.05, 3.63) is 41.6 Å². The summed E-state index contributed by atoms with van der Waals surface area (Å²) in [5.41, 5.74) is 5.07. The fourth-order valence-corrected chi connectivity index (χ4v) is 1.82. The maximum absolute atomic E-state index is 4.05. The average molecular weight is 173 g/mol. The molecule has 13 heavy (non-hydrogen) atoms. The summed E-state index contributed by atoms with van der Waals surface area (Å²) in [6, 6.07) is 6.41. The first-order valence-electron chi connectivity index (χ1n) is 4.60. The van der Waals surface area contributed by atoms with Gasteiger partial charge in [-0.05, 0) is 18.1 Å². The van der Waals surface area contributed by atoms with Crippen LogP contribution in [-0.2, 0) is 5.41 Å². The second kappa shape index (κ2) is 2.38. The summed E-state index contributed by atoms with van der Waals surface area (Å²) in [6.45, 7) is 10.6. The Morgan fingerprint density at radius 3 is 2.62 bits per heavy atom.